The molecule has 1 atom stereocenters. The third kappa shape index (κ3) is 3.92. The van der Waals surface area contributed by atoms with Gasteiger partial charge in [0, 0.05) is 29.9 Å². The quantitative estimate of drug-likeness (QED) is 0.822. The Morgan fingerprint density at radius 3 is 2.48 bits per heavy atom. The van der Waals surface area contributed by atoms with Crippen molar-refractivity contribution in [1.29, 1.82) is 0 Å². The van der Waals surface area contributed by atoms with Crippen molar-refractivity contribution in [2.45, 2.75) is 33.6 Å². The standard InChI is InChI=1S/C22H24N2O3/c1-4-16-7-5-6-14(2)21(16)23-22(27)18-12-20(26)24(13-18)19-10-8-17(9-11-19)15(3)25/h5-11,18H,4,12-13H2,1-3H3,(H,23,27). The van der Waals surface area contributed by atoms with Crippen molar-refractivity contribution in [3.05, 3.63) is 59.2 Å². The van der Waals surface area contributed by atoms with Crippen LogP contribution in [-0.4, -0.2) is 24.1 Å². The van der Waals surface area contributed by atoms with Crippen molar-refractivity contribution < 1.29 is 14.4 Å². The number of carbonyl (C=O) groups is 3. The maximum Gasteiger partial charge on any atom is 0.229 e. The number of hydrogen-bond donors (Lipinski definition) is 1. The number of carbonyl (C=O) groups excluding carboxylic acids is 3. The van der Waals surface area contributed by atoms with Crippen LogP contribution in [0.4, 0.5) is 11.4 Å². The molecule has 2 aromatic carbocycles. The molecular formula is C22H24N2O3. The predicted octanol–water partition coefficient (Wildman–Crippen LogP) is 3.75. The molecule has 1 unspecified atom stereocenters. The number of hydrogen-bond acceptors (Lipinski definition) is 3. The number of aryl methyl sites for hydroxylation is 2. The van der Waals surface area contributed by atoms with Crippen LogP contribution in [-0.2, 0) is 16.0 Å². The highest BCUT2D eigenvalue weighted by molar-refractivity contribution is 6.04. The van der Waals surface area contributed by atoms with E-state index in [1.807, 2.05) is 25.1 Å². The van der Waals surface area contributed by atoms with Gasteiger partial charge in [-0.05, 0) is 55.7 Å². The van der Waals surface area contributed by atoms with Crippen LogP contribution in [0.5, 0.6) is 0 Å². The molecule has 0 aliphatic carbocycles. The second kappa shape index (κ2) is 7.74. The van der Waals surface area contributed by atoms with Gasteiger partial charge in [0.2, 0.25) is 11.8 Å². The van der Waals surface area contributed by atoms with E-state index in [4.69, 9.17) is 0 Å². The summed E-state index contributed by atoms with van der Waals surface area (Å²) in [6, 6.07) is 12.9. The zero-order valence-electron chi connectivity index (χ0n) is 15.9. The van der Waals surface area contributed by atoms with E-state index in [1.54, 1.807) is 29.2 Å². The first-order valence-electron chi connectivity index (χ1n) is 9.21. The highest BCUT2D eigenvalue weighted by Gasteiger charge is 2.35. The molecule has 0 aromatic heterocycles. The summed E-state index contributed by atoms with van der Waals surface area (Å²) in [6.07, 6.45) is 1.02. The molecule has 0 spiro atoms. The summed E-state index contributed by atoms with van der Waals surface area (Å²) in [5.74, 6) is -0.618. The first-order valence-corrected chi connectivity index (χ1v) is 9.21. The molecule has 5 heteroatoms. The molecule has 1 aliphatic heterocycles. The Labute approximate surface area is 159 Å². The second-order valence-electron chi connectivity index (χ2n) is 6.96. The number of rotatable bonds is 5. The van der Waals surface area contributed by atoms with Gasteiger partial charge in [-0.25, -0.2) is 0 Å². The average Bonchev–Trinajstić information content (AvgIpc) is 3.05. The molecule has 3 rings (SSSR count). The molecule has 0 radical (unpaired) electrons. The summed E-state index contributed by atoms with van der Waals surface area (Å²) in [4.78, 5) is 38.2. The van der Waals surface area contributed by atoms with Crippen molar-refractivity contribution in [2.75, 3.05) is 16.8 Å². The molecule has 1 N–H and O–H groups in total. The Hall–Kier alpha value is -2.95. The molecule has 1 fully saturated rings. The SMILES string of the molecule is CCc1cccc(C)c1NC(=O)C1CC(=O)N(c2ccc(C(C)=O)cc2)C1. The number of anilines is 2. The smallest absolute Gasteiger partial charge is 0.229 e. The fourth-order valence-corrected chi connectivity index (χ4v) is 3.44. The number of Topliss-reactive ketones (excluding diaryl/α,β-unsaturated/α-hetero) is 1. The third-order valence-corrected chi connectivity index (χ3v) is 5.07. The highest BCUT2D eigenvalue weighted by Crippen LogP contribution is 2.28. The molecule has 1 aliphatic rings. The van der Waals surface area contributed by atoms with E-state index in [2.05, 4.69) is 12.2 Å². The molecule has 140 valence electrons. The summed E-state index contributed by atoms with van der Waals surface area (Å²) in [7, 11) is 0. The fraction of sp³-hybridized carbons (Fsp3) is 0.318. The van der Waals surface area contributed by atoms with Crippen LogP contribution in [0.2, 0.25) is 0 Å². The maximum atomic E-state index is 12.8. The minimum absolute atomic E-state index is 0.0171. The summed E-state index contributed by atoms with van der Waals surface area (Å²) < 4.78 is 0. The van der Waals surface area contributed by atoms with Gasteiger partial charge in [-0.3, -0.25) is 14.4 Å². The molecule has 1 saturated heterocycles. The lowest BCUT2D eigenvalue weighted by molar-refractivity contribution is -0.122. The van der Waals surface area contributed by atoms with E-state index in [9.17, 15) is 14.4 Å². The molecule has 0 saturated carbocycles. The number of ketones is 1. The number of benzene rings is 2. The van der Waals surface area contributed by atoms with Gasteiger partial charge in [-0.1, -0.05) is 25.1 Å². The number of nitrogens with one attached hydrogen (secondary N) is 1. The summed E-state index contributed by atoms with van der Waals surface area (Å²) >= 11 is 0. The fourth-order valence-electron chi connectivity index (χ4n) is 3.44. The zero-order valence-corrected chi connectivity index (χ0v) is 15.9. The van der Waals surface area contributed by atoms with Crippen LogP contribution >= 0.6 is 0 Å². The average molecular weight is 364 g/mol. The number of nitrogens with zero attached hydrogens (tertiary/aromatic N) is 1. The van der Waals surface area contributed by atoms with Gasteiger partial charge in [-0.2, -0.15) is 0 Å². The summed E-state index contributed by atoms with van der Waals surface area (Å²) in [5, 5.41) is 3.03. The Kier molecular flexibility index (Phi) is 5.40. The number of para-hydroxylation sites is 1. The third-order valence-electron chi connectivity index (χ3n) is 5.07. The van der Waals surface area contributed by atoms with E-state index >= 15 is 0 Å². The number of amides is 2. The topological polar surface area (TPSA) is 66.5 Å². The first kappa shape index (κ1) is 18.8. The Balaban J connectivity index is 1.73. The van der Waals surface area contributed by atoms with Crippen molar-refractivity contribution in [3.8, 4) is 0 Å². The molecule has 2 amide bonds. The van der Waals surface area contributed by atoms with E-state index in [1.165, 1.54) is 6.92 Å². The van der Waals surface area contributed by atoms with E-state index in [-0.39, 0.29) is 24.0 Å². The van der Waals surface area contributed by atoms with Crippen molar-refractivity contribution in [1.82, 2.24) is 0 Å². The molecule has 27 heavy (non-hydrogen) atoms. The monoisotopic (exact) mass is 364 g/mol. The maximum absolute atomic E-state index is 12.8. The van der Waals surface area contributed by atoms with Gasteiger partial charge < -0.3 is 10.2 Å². The van der Waals surface area contributed by atoms with Crippen LogP contribution in [0.15, 0.2) is 42.5 Å². The molecule has 1 heterocycles. The Morgan fingerprint density at radius 2 is 1.85 bits per heavy atom. The first-order chi connectivity index (χ1) is 12.9. The van der Waals surface area contributed by atoms with Crippen LogP contribution in [0.1, 0.15) is 41.8 Å². The minimum Gasteiger partial charge on any atom is -0.325 e. The van der Waals surface area contributed by atoms with Crippen molar-refractivity contribution in [2.24, 2.45) is 5.92 Å². The van der Waals surface area contributed by atoms with Crippen LogP contribution in [0, 0.1) is 12.8 Å². The van der Waals surface area contributed by atoms with Gasteiger partial charge in [0.1, 0.15) is 0 Å². The molecule has 5 nitrogen and oxygen atoms in total. The normalized spacial score (nSPS) is 16.5. The second-order valence-corrected chi connectivity index (χ2v) is 6.96. The largest absolute Gasteiger partial charge is 0.325 e. The van der Waals surface area contributed by atoms with E-state index in [0.717, 1.165) is 23.2 Å². The Morgan fingerprint density at radius 1 is 1.15 bits per heavy atom. The molecule has 0 bridgehead atoms. The van der Waals surface area contributed by atoms with Crippen molar-refractivity contribution >= 4 is 29.0 Å². The van der Waals surface area contributed by atoms with Gasteiger partial charge in [0.25, 0.3) is 0 Å². The predicted molar refractivity (Wildman–Crippen MR) is 106 cm³/mol. The van der Waals surface area contributed by atoms with Gasteiger partial charge in [0.05, 0.1) is 5.92 Å². The molecular weight excluding hydrogens is 340 g/mol. The summed E-state index contributed by atoms with van der Waals surface area (Å²) in [6.45, 7) is 5.87. The van der Waals surface area contributed by atoms with E-state index in [0.29, 0.717) is 17.8 Å². The minimum atomic E-state index is -0.394. The lowest BCUT2D eigenvalue weighted by Gasteiger charge is -2.18. The highest BCUT2D eigenvalue weighted by atomic mass is 16.2. The van der Waals surface area contributed by atoms with Gasteiger partial charge in [0.15, 0.2) is 5.78 Å². The van der Waals surface area contributed by atoms with Crippen molar-refractivity contribution in [3.63, 3.8) is 0 Å². The lowest BCUT2D eigenvalue weighted by Crippen LogP contribution is -2.28. The van der Waals surface area contributed by atoms with Crippen LogP contribution in [0.3, 0.4) is 0 Å². The van der Waals surface area contributed by atoms with Crippen LogP contribution in [0.25, 0.3) is 0 Å². The Bertz CT molecular complexity index is 887. The zero-order chi connectivity index (χ0) is 19.6. The van der Waals surface area contributed by atoms with E-state index < -0.39 is 5.92 Å². The summed E-state index contributed by atoms with van der Waals surface area (Å²) in [5.41, 5.74) is 4.27. The van der Waals surface area contributed by atoms with Crippen LogP contribution < -0.4 is 10.2 Å². The lowest BCUT2D eigenvalue weighted by atomic mass is 10.0. The molecule has 2 aromatic rings. The van der Waals surface area contributed by atoms with Gasteiger partial charge >= 0.3 is 0 Å². The van der Waals surface area contributed by atoms with Gasteiger partial charge in [-0.15, -0.1) is 0 Å².